The average Bonchev–Trinajstić information content (AvgIpc) is 2.44. The number of allylic oxidation sites excluding steroid dienone is 2. The van der Waals surface area contributed by atoms with Crippen LogP contribution in [0.1, 0.15) is 30.0 Å². The molecule has 0 unspecified atom stereocenters. The Labute approximate surface area is 134 Å². The van der Waals surface area contributed by atoms with Crippen molar-refractivity contribution in [3.63, 3.8) is 0 Å². The maximum absolute atomic E-state index is 6.29. The molecular formula is C16H16Cl3N. The molecule has 1 aromatic carbocycles. The van der Waals surface area contributed by atoms with Crippen molar-refractivity contribution in [3.8, 4) is 0 Å². The number of hydrogen-bond acceptors (Lipinski definition) is 1. The van der Waals surface area contributed by atoms with Crippen LogP contribution in [-0.2, 0) is 0 Å². The molecule has 1 aromatic rings. The maximum Gasteiger partial charge on any atom is 0.209 e. The molecule has 20 heavy (non-hydrogen) atoms. The number of likely N-dealkylation sites (N-methyl/N-ethyl adjacent to an activating group) is 1. The van der Waals surface area contributed by atoms with Crippen LogP contribution >= 0.6 is 34.8 Å². The van der Waals surface area contributed by atoms with Crippen molar-refractivity contribution in [2.24, 2.45) is 0 Å². The fraction of sp³-hybridized carbons (Fsp3) is 0.375. The van der Waals surface area contributed by atoms with Crippen molar-refractivity contribution in [1.29, 1.82) is 0 Å². The summed E-state index contributed by atoms with van der Waals surface area (Å²) in [6, 6.07) is 8.32. The Morgan fingerprint density at radius 1 is 1.05 bits per heavy atom. The van der Waals surface area contributed by atoms with E-state index in [1.54, 1.807) is 0 Å². The number of nitrogens with zero attached hydrogens (tertiary/aromatic N) is 1. The minimum absolute atomic E-state index is 0.217. The second-order valence-electron chi connectivity index (χ2n) is 5.19. The summed E-state index contributed by atoms with van der Waals surface area (Å²) in [4.78, 5) is 2.28. The Balaban J connectivity index is 2.19. The molecule has 0 saturated carbocycles. The molecule has 0 aromatic heterocycles. The zero-order valence-electron chi connectivity index (χ0n) is 11.1. The van der Waals surface area contributed by atoms with E-state index in [1.807, 2.05) is 6.07 Å². The monoisotopic (exact) mass is 327 g/mol. The first-order valence-electron chi connectivity index (χ1n) is 6.80. The highest BCUT2D eigenvalue weighted by atomic mass is 35.6. The molecule has 0 fully saturated rings. The van der Waals surface area contributed by atoms with E-state index in [4.69, 9.17) is 34.8 Å². The van der Waals surface area contributed by atoms with Crippen LogP contribution in [0.25, 0.3) is 0 Å². The Morgan fingerprint density at radius 3 is 2.35 bits per heavy atom. The van der Waals surface area contributed by atoms with Crippen molar-refractivity contribution in [3.05, 3.63) is 59.7 Å². The number of rotatable bonds is 1. The van der Waals surface area contributed by atoms with Crippen molar-refractivity contribution in [2.75, 3.05) is 6.54 Å². The summed E-state index contributed by atoms with van der Waals surface area (Å²) in [5.41, 5.74) is 2.38. The van der Waals surface area contributed by atoms with Crippen molar-refractivity contribution in [1.82, 2.24) is 4.90 Å². The van der Waals surface area contributed by atoms with Gasteiger partial charge in [0.25, 0.3) is 0 Å². The molecule has 3 atom stereocenters. The van der Waals surface area contributed by atoms with Crippen molar-refractivity contribution in [2.45, 2.75) is 28.7 Å². The summed E-state index contributed by atoms with van der Waals surface area (Å²) in [5, 5.41) is 0. The molecule has 0 spiro atoms. The molecule has 1 nitrogen and oxygen atoms in total. The van der Waals surface area contributed by atoms with Gasteiger partial charge in [-0.2, -0.15) is 0 Å². The lowest BCUT2D eigenvalue weighted by atomic mass is 9.78. The van der Waals surface area contributed by atoms with E-state index in [0.717, 1.165) is 12.1 Å². The molecule has 2 aliphatic rings. The first-order valence-corrected chi connectivity index (χ1v) is 7.93. The average molecular weight is 329 g/mol. The van der Waals surface area contributed by atoms with E-state index in [-0.39, 0.29) is 12.1 Å². The maximum atomic E-state index is 6.29. The fourth-order valence-electron chi connectivity index (χ4n) is 3.37. The van der Waals surface area contributed by atoms with Gasteiger partial charge < -0.3 is 0 Å². The normalized spacial score (nSPS) is 29.1. The predicted molar refractivity (Wildman–Crippen MR) is 86.7 cm³/mol. The molecule has 0 amide bonds. The SMILES string of the molecule is CCN1[C@@H]2C=CC=C[C@H]2c2ccccc2[C@@H]1C(Cl)(Cl)Cl. The minimum atomic E-state index is -1.34. The molecule has 3 rings (SSSR count). The Kier molecular flexibility index (Phi) is 3.89. The number of fused-ring (bicyclic) bond motifs is 3. The van der Waals surface area contributed by atoms with Gasteiger partial charge in [-0.3, -0.25) is 4.90 Å². The summed E-state index contributed by atoms with van der Waals surface area (Å²) in [6.45, 7) is 2.95. The molecular weight excluding hydrogens is 313 g/mol. The molecule has 1 heterocycles. The van der Waals surface area contributed by atoms with Gasteiger partial charge in [-0.05, 0) is 17.7 Å². The van der Waals surface area contributed by atoms with Gasteiger partial charge in [0.05, 0.1) is 6.04 Å². The highest BCUT2D eigenvalue weighted by molar-refractivity contribution is 6.68. The number of hydrogen-bond donors (Lipinski definition) is 0. The molecule has 106 valence electrons. The lowest BCUT2D eigenvalue weighted by Gasteiger charge is -2.48. The Bertz CT molecular complexity index is 559. The zero-order valence-corrected chi connectivity index (χ0v) is 13.4. The first kappa shape index (κ1) is 14.5. The van der Waals surface area contributed by atoms with Crippen LogP contribution in [0.2, 0.25) is 0 Å². The number of halogens is 3. The van der Waals surface area contributed by atoms with Crippen LogP contribution in [-0.4, -0.2) is 21.3 Å². The van der Waals surface area contributed by atoms with Crippen LogP contribution in [0.3, 0.4) is 0 Å². The summed E-state index contributed by atoms with van der Waals surface area (Å²) in [7, 11) is 0. The minimum Gasteiger partial charge on any atom is -0.285 e. The predicted octanol–water partition coefficient (Wildman–Crippen LogP) is 5.01. The quantitative estimate of drug-likeness (QED) is 0.655. The lowest BCUT2D eigenvalue weighted by molar-refractivity contribution is 0.142. The Hall–Kier alpha value is -0.470. The van der Waals surface area contributed by atoms with Gasteiger partial charge in [-0.25, -0.2) is 0 Å². The van der Waals surface area contributed by atoms with Gasteiger partial charge in [0.15, 0.2) is 0 Å². The van der Waals surface area contributed by atoms with Crippen LogP contribution in [0.4, 0.5) is 0 Å². The third-order valence-corrected chi connectivity index (χ3v) is 4.77. The molecule has 0 bridgehead atoms. The largest absolute Gasteiger partial charge is 0.285 e. The second kappa shape index (κ2) is 5.38. The highest BCUT2D eigenvalue weighted by Crippen LogP contribution is 2.51. The van der Waals surface area contributed by atoms with Gasteiger partial charge in [-0.15, -0.1) is 0 Å². The smallest absolute Gasteiger partial charge is 0.209 e. The zero-order chi connectivity index (χ0) is 14.3. The van der Waals surface area contributed by atoms with Gasteiger partial charge in [0, 0.05) is 12.0 Å². The molecule has 1 aliphatic carbocycles. The van der Waals surface area contributed by atoms with Crippen molar-refractivity contribution >= 4 is 34.8 Å². The first-order chi connectivity index (χ1) is 9.54. The highest BCUT2D eigenvalue weighted by Gasteiger charge is 2.46. The molecule has 0 radical (unpaired) electrons. The molecule has 1 aliphatic heterocycles. The van der Waals surface area contributed by atoms with E-state index in [9.17, 15) is 0 Å². The molecule has 0 saturated heterocycles. The topological polar surface area (TPSA) is 3.24 Å². The number of benzene rings is 1. The van der Waals surface area contributed by atoms with E-state index in [1.165, 1.54) is 5.56 Å². The van der Waals surface area contributed by atoms with E-state index >= 15 is 0 Å². The van der Waals surface area contributed by atoms with E-state index in [0.29, 0.717) is 5.92 Å². The summed E-state index contributed by atoms with van der Waals surface area (Å²) in [5.74, 6) is 0.333. The van der Waals surface area contributed by atoms with Crippen LogP contribution in [0.15, 0.2) is 48.6 Å². The summed E-state index contributed by atoms with van der Waals surface area (Å²) < 4.78 is -1.34. The van der Waals surface area contributed by atoms with Gasteiger partial charge in [0.1, 0.15) is 0 Å². The van der Waals surface area contributed by atoms with E-state index in [2.05, 4.69) is 54.3 Å². The van der Waals surface area contributed by atoms with Crippen molar-refractivity contribution < 1.29 is 0 Å². The van der Waals surface area contributed by atoms with Gasteiger partial charge >= 0.3 is 0 Å². The summed E-state index contributed by atoms with van der Waals surface area (Å²) >= 11 is 18.9. The lowest BCUT2D eigenvalue weighted by Crippen LogP contribution is -2.49. The third-order valence-electron chi connectivity index (χ3n) is 4.15. The second-order valence-corrected chi connectivity index (χ2v) is 7.56. The molecule has 4 heteroatoms. The number of alkyl halides is 3. The molecule has 0 N–H and O–H groups in total. The van der Waals surface area contributed by atoms with Gasteiger partial charge in [-0.1, -0.05) is 90.3 Å². The third kappa shape index (κ3) is 2.31. The van der Waals surface area contributed by atoms with Crippen LogP contribution < -0.4 is 0 Å². The van der Waals surface area contributed by atoms with Crippen LogP contribution in [0, 0.1) is 0 Å². The standard InChI is InChI=1S/C16H16Cl3N/c1-2-20-14-10-6-5-8-12(14)11-7-3-4-9-13(11)15(20)16(17,18)19/h3-10,12,14-15H,2H2,1H3/t12-,14+,15+/m0/s1. The van der Waals surface area contributed by atoms with Gasteiger partial charge in [0.2, 0.25) is 3.79 Å². The van der Waals surface area contributed by atoms with E-state index < -0.39 is 3.79 Å². The van der Waals surface area contributed by atoms with Crippen LogP contribution in [0.5, 0.6) is 0 Å². The summed E-state index contributed by atoms with van der Waals surface area (Å²) in [6.07, 6.45) is 8.61. The Morgan fingerprint density at radius 2 is 1.70 bits per heavy atom. The fourth-order valence-corrected chi connectivity index (χ4v) is 4.10.